The number of ketones is 2. The van der Waals surface area contributed by atoms with Crippen LogP contribution in [0, 0.1) is 0 Å². The number of hydrogen-bond donors (Lipinski definition) is 0. The molecule has 0 atom stereocenters. The maximum Gasteiger partial charge on any atom is 0.344 e. The fourth-order valence-corrected chi connectivity index (χ4v) is 2.26. The fourth-order valence-electron chi connectivity index (χ4n) is 2.26. The molecule has 0 fully saturated rings. The lowest BCUT2D eigenvalue weighted by Crippen LogP contribution is -2.15. The summed E-state index contributed by atoms with van der Waals surface area (Å²) in [5.74, 6) is 0.182. The van der Waals surface area contributed by atoms with Crippen molar-refractivity contribution in [1.29, 1.82) is 0 Å². The van der Waals surface area contributed by atoms with Gasteiger partial charge in [0.1, 0.15) is 18.1 Å². The summed E-state index contributed by atoms with van der Waals surface area (Å²) in [5.41, 5.74) is 1.60. The van der Waals surface area contributed by atoms with Crippen LogP contribution in [0.3, 0.4) is 0 Å². The minimum atomic E-state index is -0.575. The van der Waals surface area contributed by atoms with Gasteiger partial charge in [-0.3, -0.25) is 9.59 Å². The van der Waals surface area contributed by atoms with Gasteiger partial charge in [-0.25, -0.2) is 4.79 Å². The molecule has 6 heteroatoms. The molecular formula is C20H20O6. The zero-order valence-corrected chi connectivity index (χ0v) is 14.9. The average Bonchev–Trinajstić information content (AvgIpc) is 2.64. The molecule has 0 unspecified atom stereocenters. The molecule has 0 aliphatic rings. The summed E-state index contributed by atoms with van der Waals surface area (Å²) in [4.78, 5) is 34.7. The number of carbonyl (C=O) groups excluding carboxylic acids is 3. The third kappa shape index (κ3) is 5.17. The van der Waals surface area contributed by atoms with Gasteiger partial charge in [-0.05, 0) is 44.2 Å². The fraction of sp³-hybridized carbons (Fsp3) is 0.250. The second-order valence-corrected chi connectivity index (χ2v) is 5.62. The topological polar surface area (TPSA) is 78.9 Å². The first-order valence-corrected chi connectivity index (χ1v) is 7.98. The zero-order chi connectivity index (χ0) is 19.1. The molecule has 2 aromatic rings. The predicted octanol–water partition coefficient (Wildman–Crippen LogP) is 3.22. The first-order chi connectivity index (χ1) is 12.4. The molecular weight excluding hydrogens is 336 g/mol. The highest BCUT2D eigenvalue weighted by molar-refractivity contribution is 5.94. The summed E-state index contributed by atoms with van der Waals surface area (Å²) in [7, 11) is 1.50. The monoisotopic (exact) mass is 356 g/mol. The van der Waals surface area contributed by atoms with Gasteiger partial charge in [0.25, 0.3) is 0 Å². The first kappa shape index (κ1) is 19.2. The lowest BCUT2D eigenvalue weighted by Gasteiger charge is -2.11. The van der Waals surface area contributed by atoms with Crippen molar-refractivity contribution in [3.8, 4) is 11.5 Å². The number of methoxy groups -OCH3 is 1. The van der Waals surface area contributed by atoms with Gasteiger partial charge in [-0.1, -0.05) is 12.1 Å². The highest BCUT2D eigenvalue weighted by atomic mass is 16.6. The highest BCUT2D eigenvalue weighted by Gasteiger charge is 2.11. The Morgan fingerprint density at radius 3 is 2.27 bits per heavy atom. The molecule has 2 rings (SSSR count). The van der Waals surface area contributed by atoms with Crippen molar-refractivity contribution in [3.63, 3.8) is 0 Å². The Balaban J connectivity index is 1.95. The summed E-state index contributed by atoms with van der Waals surface area (Å²) < 4.78 is 15.7. The molecule has 0 N–H and O–H groups in total. The quantitative estimate of drug-likeness (QED) is 0.534. The molecule has 0 heterocycles. The van der Waals surface area contributed by atoms with E-state index in [2.05, 4.69) is 0 Å². The standard InChI is InChI=1S/C20H20O6/c1-13(21)15-5-4-6-18(10-15)25-12-20(23)26-11-17-9-16(14(2)22)7-8-19(17)24-3/h4-10H,11-12H2,1-3H3. The Kier molecular flexibility index (Phi) is 6.49. The largest absolute Gasteiger partial charge is 0.496 e. The lowest BCUT2D eigenvalue weighted by atomic mass is 10.1. The van der Waals surface area contributed by atoms with Gasteiger partial charge in [-0.15, -0.1) is 0 Å². The molecule has 0 aliphatic carbocycles. The maximum absolute atomic E-state index is 11.9. The van der Waals surface area contributed by atoms with Gasteiger partial charge in [0.05, 0.1) is 7.11 Å². The smallest absolute Gasteiger partial charge is 0.344 e. The van der Waals surface area contributed by atoms with Crippen molar-refractivity contribution in [2.45, 2.75) is 20.5 Å². The Morgan fingerprint density at radius 2 is 1.62 bits per heavy atom. The molecule has 0 saturated heterocycles. The normalized spacial score (nSPS) is 10.1. The van der Waals surface area contributed by atoms with Crippen LogP contribution in [0.1, 0.15) is 40.1 Å². The highest BCUT2D eigenvalue weighted by Crippen LogP contribution is 2.21. The molecule has 0 spiro atoms. The Hall–Kier alpha value is -3.15. The third-order valence-corrected chi connectivity index (χ3v) is 3.67. The van der Waals surface area contributed by atoms with Crippen molar-refractivity contribution in [3.05, 3.63) is 59.2 Å². The number of rotatable bonds is 8. The van der Waals surface area contributed by atoms with Crippen LogP contribution < -0.4 is 9.47 Å². The van der Waals surface area contributed by atoms with E-state index in [9.17, 15) is 14.4 Å². The second kappa shape index (κ2) is 8.80. The van der Waals surface area contributed by atoms with E-state index in [4.69, 9.17) is 14.2 Å². The van der Waals surface area contributed by atoms with Gasteiger partial charge in [-0.2, -0.15) is 0 Å². The maximum atomic E-state index is 11.9. The Bertz CT molecular complexity index is 825. The van der Waals surface area contributed by atoms with E-state index < -0.39 is 5.97 Å². The van der Waals surface area contributed by atoms with Crippen LogP contribution in [0.25, 0.3) is 0 Å². The van der Waals surface area contributed by atoms with Crippen molar-refractivity contribution < 1.29 is 28.6 Å². The Morgan fingerprint density at radius 1 is 0.923 bits per heavy atom. The van der Waals surface area contributed by atoms with Crippen LogP contribution in [0.5, 0.6) is 11.5 Å². The van der Waals surface area contributed by atoms with Gasteiger partial charge in [0, 0.05) is 16.7 Å². The van der Waals surface area contributed by atoms with Crippen molar-refractivity contribution in [1.82, 2.24) is 0 Å². The summed E-state index contributed by atoms with van der Waals surface area (Å²) in [6, 6.07) is 11.5. The van der Waals surface area contributed by atoms with E-state index in [1.165, 1.54) is 21.0 Å². The molecule has 136 valence electrons. The summed E-state index contributed by atoms with van der Waals surface area (Å²) >= 11 is 0. The molecule has 0 radical (unpaired) electrons. The molecule has 26 heavy (non-hydrogen) atoms. The van der Waals surface area contributed by atoms with E-state index in [1.807, 2.05) is 0 Å². The third-order valence-electron chi connectivity index (χ3n) is 3.67. The number of hydrogen-bond acceptors (Lipinski definition) is 6. The zero-order valence-electron chi connectivity index (χ0n) is 14.9. The first-order valence-electron chi connectivity index (χ1n) is 7.98. The van der Waals surface area contributed by atoms with Crippen molar-refractivity contribution in [2.75, 3.05) is 13.7 Å². The van der Waals surface area contributed by atoms with Crippen molar-refractivity contribution in [2.24, 2.45) is 0 Å². The minimum absolute atomic E-state index is 0.0417. The lowest BCUT2D eigenvalue weighted by molar-refractivity contribution is -0.147. The molecule has 0 amide bonds. The van der Waals surface area contributed by atoms with Crippen LogP contribution >= 0.6 is 0 Å². The molecule has 0 saturated carbocycles. The number of benzene rings is 2. The number of esters is 1. The van der Waals surface area contributed by atoms with Crippen molar-refractivity contribution >= 4 is 17.5 Å². The van der Waals surface area contributed by atoms with Crippen LogP contribution in [0.15, 0.2) is 42.5 Å². The molecule has 0 aliphatic heterocycles. The van der Waals surface area contributed by atoms with Gasteiger partial charge >= 0.3 is 5.97 Å². The van der Waals surface area contributed by atoms with Crippen LogP contribution in [-0.2, 0) is 16.1 Å². The van der Waals surface area contributed by atoms with E-state index in [0.29, 0.717) is 28.2 Å². The molecule has 0 aromatic heterocycles. The Labute approximate surface area is 151 Å². The van der Waals surface area contributed by atoms with E-state index in [1.54, 1.807) is 42.5 Å². The van der Waals surface area contributed by atoms with Crippen LogP contribution in [-0.4, -0.2) is 31.3 Å². The number of Topliss-reactive ketones (excluding diaryl/α,β-unsaturated/α-hetero) is 2. The SMILES string of the molecule is COc1ccc(C(C)=O)cc1COC(=O)COc1cccc(C(C)=O)c1. The van der Waals surface area contributed by atoms with E-state index in [-0.39, 0.29) is 24.8 Å². The summed E-state index contributed by atoms with van der Waals surface area (Å²) in [6.45, 7) is 2.58. The van der Waals surface area contributed by atoms with E-state index in [0.717, 1.165) is 0 Å². The number of carbonyl (C=O) groups is 3. The van der Waals surface area contributed by atoms with Crippen LogP contribution in [0.4, 0.5) is 0 Å². The van der Waals surface area contributed by atoms with Gasteiger partial charge in [0.15, 0.2) is 18.2 Å². The average molecular weight is 356 g/mol. The minimum Gasteiger partial charge on any atom is -0.496 e. The van der Waals surface area contributed by atoms with E-state index >= 15 is 0 Å². The molecule has 0 bridgehead atoms. The van der Waals surface area contributed by atoms with Crippen LogP contribution in [0.2, 0.25) is 0 Å². The van der Waals surface area contributed by atoms with Gasteiger partial charge in [0.2, 0.25) is 0 Å². The number of ether oxygens (including phenoxy) is 3. The second-order valence-electron chi connectivity index (χ2n) is 5.62. The molecule has 6 nitrogen and oxygen atoms in total. The predicted molar refractivity (Wildman–Crippen MR) is 94.7 cm³/mol. The van der Waals surface area contributed by atoms with Gasteiger partial charge < -0.3 is 14.2 Å². The summed E-state index contributed by atoms with van der Waals surface area (Å²) in [6.07, 6.45) is 0. The summed E-state index contributed by atoms with van der Waals surface area (Å²) in [5, 5.41) is 0. The molecule has 2 aromatic carbocycles.